The van der Waals surface area contributed by atoms with Crippen molar-refractivity contribution in [3.63, 3.8) is 0 Å². The van der Waals surface area contributed by atoms with Gasteiger partial charge in [-0.3, -0.25) is 14.3 Å². The fourth-order valence-electron chi connectivity index (χ4n) is 3.82. The van der Waals surface area contributed by atoms with Crippen LogP contribution in [0.2, 0.25) is 0 Å². The Kier molecular flexibility index (Phi) is 9.36. The summed E-state index contributed by atoms with van der Waals surface area (Å²) in [5, 5.41) is 45.9. The van der Waals surface area contributed by atoms with Gasteiger partial charge in [-0.05, 0) is 24.7 Å². The molecule has 39 heavy (non-hydrogen) atoms. The number of aromatic amines is 2. The molecule has 15 nitrogen and oxygen atoms in total. The van der Waals surface area contributed by atoms with Crippen LogP contribution < -0.4 is 11.2 Å². The molecule has 4 aromatic rings. The van der Waals surface area contributed by atoms with Crippen LogP contribution in [0.1, 0.15) is 49.3 Å². The minimum absolute atomic E-state index is 0.00646. The molecule has 0 spiro atoms. The molecule has 210 valence electrons. The number of aliphatic hydroxyl groups excluding tert-OH is 3. The zero-order chi connectivity index (χ0) is 27.9. The summed E-state index contributed by atoms with van der Waals surface area (Å²) in [6.45, 7) is 2.42. The van der Waals surface area contributed by atoms with E-state index in [1.165, 1.54) is 34.0 Å². The van der Waals surface area contributed by atoms with Crippen LogP contribution in [0.5, 0.6) is 0 Å². The van der Waals surface area contributed by atoms with Crippen LogP contribution in [0.15, 0.2) is 43.1 Å². The van der Waals surface area contributed by atoms with E-state index in [-0.39, 0.29) is 41.7 Å². The summed E-state index contributed by atoms with van der Waals surface area (Å²) in [4.78, 5) is 26.7. The third-order valence-corrected chi connectivity index (χ3v) is 6.05. The zero-order valence-electron chi connectivity index (χ0n) is 21.0. The van der Waals surface area contributed by atoms with Crippen molar-refractivity contribution in [2.24, 2.45) is 0 Å². The third-order valence-electron chi connectivity index (χ3n) is 5.88. The largest absolute Gasteiger partial charge is 0.466 e. The van der Waals surface area contributed by atoms with Gasteiger partial charge in [0, 0.05) is 12.8 Å². The van der Waals surface area contributed by atoms with Crippen molar-refractivity contribution >= 4 is 12.2 Å². The number of unbranched alkanes of at least 4 members (excludes halogenated alkanes) is 2. The van der Waals surface area contributed by atoms with E-state index in [4.69, 9.17) is 25.8 Å². The summed E-state index contributed by atoms with van der Waals surface area (Å²) >= 11 is 4.85. The van der Waals surface area contributed by atoms with Crippen molar-refractivity contribution in [3.05, 3.63) is 67.4 Å². The lowest BCUT2D eigenvalue weighted by Gasteiger charge is -2.21. The van der Waals surface area contributed by atoms with E-state index < -0.39 is 29.6 Å². The second-order valence-corrected chi connectivity index (χ2v) is 9.22. The topological polar surface area (TPSA) is 210 Å². The first-order chi connectivity index (χ1) is 18.8. The first-order valence-corrected chi connectivity index (χ1v) is 12.6. The van der Waals surface area contributed by atoms with Gasteiger partial charge in [0.05, 0.1) is 43.3 Å². The lowest BCUT2D eigenvalue weighted by Crippen LogP contribution is -2.35. The van der Waals surface area contributed by atoms with Gasteiger partial charge >= 0.3 is 5.69 Å². The normalized spacial score (nSPS) is 13.9. The molecule has 0 aromatic carbocycles. The third kappa shape index (κ3) is 7.04. The fourth-order valence-corrected chi connectivity index (χ4v) is 3.95. The first-order valence-electron chi connectivity index (χ1n) is 12.2. The summed E-state index contributed by atoms with van der Waals surface area (Å²) in [6.07, 6.45) is 2.32. The summed E-state index contributed by atoms with van der Waals surface area (Å²) in [5.41, 5.74) is -0.231. The quantitative estimate of drug-likeness (QED) is 0.106. The molecule has 0 saturated carbocycles. The van der Waals surface area contributed by atoms with Gasteiger partial charge in [0.1, 0.15) is 29.8 Å². The number of nitrogens with one attached hydrogen (secondary N) is 2. The maximum absolute atomic E-state index is 12.3. The van der Waals surface area contributed by atoms with Crippen LogP contribution >= 0.6 is 12.2 Å². The first kappa shape index (κ1) is 28.3. The monoisotopic (exact) mass is 563 g/mol. The molecule has 0 aliphatic heterocycles. The predicted molar refractivity (Wildman–Crippen MR) is 136 cm³/mol. The molecule has 0 bridgehead atoms. The Labute approximate surface area is 225 Å². The minimum Gasteiger partial charge on any atom is -0.466 e. The Balaban J connectivity index is 1.38. The number of aliphatic hydroxyl groups is 3. The van der Waals surface area contributed by atoms with E-state index in [1.807, 2.05) is 0 Å². The minimum atomic E-state index is -1.67. The smallest absolute Gasteiger partial charge is 0.328 e. The SMILES string of the molecule is CCCCCOCc1cn(Cc2cn(C[C@@H](O)[C@@H](O)[C@H](O)c3occc3-c3n[nH]c(=S)o3)nn2)c(=O)[nH]c1=O. The average molecular weight is 564 g/mol. The predicted octanol–water partition coefficient (Wildman–Crippen LogP) is 0.644. The summed E-state index contributed by atoms with van der Waals surface area (Å²) in [7, 11) is 0. The number of hydrogen-bond donors (Lipinski definition) is 5. The van der Waals surface area contributed by atoms with E-state index in [1.54, 1.807) is 0 Å². The lowest BCUT2D eigenvalue weighted by molar-refractivity contribution is -0.0737. The van der Waals surface area contributed by atoms with Crippen LogP contribution in [0.25, 0.3) is 11.5 Å². The van der Waals surface area contributed by atoms with Crippen molar-refractivity contribution < 1.29 is 28.9 Å². The van der Waals surface area contributed by atoms with E-state index in [0.29, 0.717) is 17.9 Å². The Bertz CT molecular complexity index is 1530. The summed E-state index contributed by atoms with van der Waals surface area (Å²) in [6, 6.07) is 1.47. The Morgan fingerprint density at radius 3 is 2.77 bits per heavy atom. The van der Waals surface area contributed by atoms with Gasteiger partial charge in [0.15, 0.2) is 0 Å². The van der Waals surface area contributed by atoms with E-state index in [0.717, 1.165) is 19.3 Å². The second kappa shape index (κ2) is 12.9. The van der Waals surface area contributed by atoms with E-state index in [9.17, 15) is 24.9 Å². The number of nitrogens with zero attached hydrogens (tertiary/aromatic N) is 5. The molecule has 4 aromatic heterocycles. The maximum atomic E-state index is 12.3. The zero-order valence-corrected chi connectivity index (χ0v) is 21.8. The van der Waals surface area contributed by atoms with Crippen LogP contribution in [-0.2, 0) is 24.4 Å². The van der Waals surface area contributed by atoms with Gasteiger partial charge in [-0.15, -0.1) is 10.2 Å². The van der Waals surface area contributed by atoms with Crippen molar-refractivity contribution in [1.82, 2.24) is 34.7 Å². The van der Waals surface area contributed by atoms with E-state index in [2.05, 4.69) is 32.4 Å². The highest BCUT2D eigenvalue weighted by Crippen LogP contribution is 2.31. The van der Waals surface area contributed by atoms with Crippen LogP contribution in [-0.4, -0.2) is 68.9 Å². The highest BCUT2D eigenvalue weighted by atomic mass is 32.1. The standard InChI is InChI=1S/C23H29N7O8S/c1-2-3-4-6-36-12-13-8-29(22(35)24-20(13)34)9-14-10-30(28-25-14)11-16(31)17(32)18(33)19-15(5-7-37-19)21-26-27-23(39)38-21/h5,7-8,10,16-18,31-33H,2-4,6,9,11-12H2,1H3,(H,27,39)(H,24,34,35)/t16-,17-,18+/m1/s1. The number of rotatable bonds is 14. The maximum Gasteiger partial charge on any atom is 0.328 e. The molecule has 16 heteroatoms. The number of furan rings is 1. The van der Waals surface area contributed by atoms with E-state index >= 15 is 0 Å². The Hall–Kier alpha value is -3.70. The van der Waals surface area contributed by atoms with Crippen molar-refractivity contribution in [1.29, 1.82) is 0 Å². The molecule has 0 saturated heterocycles. The molecule has 3 atom stereocenters. The molecule has 0 radical (unpaired) electrons. The molecule has 4 rings (SSSR count). The molecule has 4 heterocycles. The van der Waals surface area contributed by atoms with Crippen LogP contribution in [0.4, 0.5) is 0 Å². The molecule has 0 amide bonds. The van der Waals surface area contributed by atoms with Crippen molar-refractivity contribution in [2.45, 2.75) is 64.2 Å². The molecule has 0 aliphatic carbocycles. The van der Waals surface area contributed by atoms with Gasteiger partial charge < -0.3 is 28.9 Å². The Morgan fingerprint density at radius 1 is 1.21 bits per heavy atom. The summed E-state index contributed by atoms with van der Waals surface area (Å²) in [5.74, 6) is -0.0252. The molecule has 0 fully saturated rings. The fraction of sp³-hybridized carbons (Fsp3) is 0.478. The van der Waals surface area contributed by atoms with Gasteiger partial charge in [0.2, 0.25) is 5.89 Å². The molecule has 0 aliphatic rings. The molecule has 0 unspecified atom stereocenters. The van der Waals surface area contributed by atoms with Crippen molar-refractivity contribution in [2.75, 3.05) is 6.61 Å². The highest BCUT2D eigenvalue weighted by molar-refractivity contribution is 7.71. The molecular formula is C23H29N7O8S. The average Bonchev–Trinajstić information content (AvgIpc) is 3.66. The second-order valence-electron chi connectivity index (χ2n) is 8.85. The molecule has 5 N–H and O–H groups in total. The number of ether oxygens (including phenoxy) is 1. The van der Waals surface area contributed by atoms with Gasteiger partial charge in [-0.25, -0.2) is 14.6 Å². The van der Waals surface area contributed by atoms with Gasteiger partial charge in [-0.1, -0.05) is 25.0 Å². The van der Waals surface area contributed by atoms with Gasteiger partial charge in [-0.2, -0.15) is 0 Å². The summed E-state index contributed by atoms with van der Waals surface area (Å²) < 4.78 is 18.6. The van der Waals surface area contributed by atoms with Crippen molar-refractivity contribution in [3.8, 4) is 11.5 Å². The lowest BCUT2D eigenvalue weighted by atomic mass is 10.0. The van der Waals surface area contributed by atoms with Crippen LogP contribution in [0, 0.1) is 4.84 Å². The van der Waals surface area contributed by atoms with Gasteiger partial charge in [0.25, 0.3) is 10.4 Å². The number of H-pyrrole nitrogens is 2. The Morgan fingerprint density at radius 2 is 2.03 bits per heavy atom. The highest BCUT2D eigenvalue weighted by Gasteiger charge is 2.32. The molecular weight excluding hydrogens is 534 g/mol. The number of aromatic nitrogens is 7. The van der Waals surface area contributed by atoms with Crippen LogP contribution in [0.3, 0.4) is 0 Å². The number of hydrogen-bond acceptors (Lipinski definition) is 12.